The Morgan fingerprint density at radius 1 is 0.463 bits per heavy atom. The summed E-state index contributed by atoms with van der Waals surface area (Å²) < 4.78 is 46.5. The molecule has 18 nitrogen and oxygen atoms in total. The molecular formula is C60H58N4O14S4. The average Bonchev–Trinajstić information content (AvgIpc) is 4.26. The maximum absolute atomic E-state index is 13.6. The van der Waals surface area contributed by atoms with Crippen molar-refractivity contribution in [2.75, 3.05) is 26.4 Å². The van der Waals surface area contributed by atoms with Gasteiger partial charge in [-0.3, -0.25) is 19.2 Å². The Labute approximate surface area is 492 Å². The minimum Gasteiger partial charge on any atom is -0.492 e. The molecular weight excluding hydrogens is 1130 g/mol. The first-order chi connectivity index (χ1) is 39.9. The van der Waals surface area contributed by atoms with Gasteiger partial charge in [0.15, 0.2) is 0 Å². The van der Waals surface area contributed by atoms with Crippen LogP contribution in [-0.2, 0) is 38.2 Å². The van der Waals surface area contributed by atoms with Crippen LogP contribution in [0.5, 0.6) is 34.5 Å². The van der Waals surface area contributed by atoms with Crippen LogP contribution in [0.1, 0.15) is 103 Å². The van der Waals surface area contributed by atoms with E-state index in [4.69, 9.17) is 51.0 Å². The van der Waals surface area contributed by atoms with E-state index in [0.717, 1.165) is 50.7 Å². The van der Waals surface area contributed by atoms with Gasteiger partial charge in [-0.15, -0.1) is 0 Å². The molecule has 0 radical (unpaired) electrons. The number of fused-ring (bicyclic) bond motifs is 2. The van der Waals surface area contributed by atoms with Crippen molar-refractivity contribution in [1.82, 2.24) is 0 Å². The van der Waals surface area contributed by atoms with E-state index in [1.54, 1.807) is 48.5 Å². The molecule has 2 aliphatic carbocycles. The monoisotopic (exact) mass is 1190 g/mol. The molecule has 82 heavy (non-hydrogen) atoms. The van der Waals surface area contributed by atoms with Gasteiger partial charge >= 0.3 is 35.8 Å². The van der Waals surface area contributed by atoms with E-state index in [1.165, 1.54) is 47.0 Å². The van der Waals surface area contributed by atoms with Crippen LogP contribution in [0.4, 0.5) is 0 Å². The zero-order chi connectivity index (χ0) is 58.4. The van der Waals surface area contributed by atoms with E-state index in [1.807, 2.05) is 12.1 Å². The predicted octanol–water partition coefficient (Wildman–Crippen LogP) is 13.3. The second-order valence-electron chi connectivity index (χ2n) is 19.1. The maximum atomic E-state index is 13.6. The zero-order valence-electron chi connectivity index (χ0n) is 44.8. The molecule has 2 fully saturated rings. The number of allylic oxidation sites excluding steroid dienone is 2. The minimum absolute atomic E-state index is 0.0748. The van der Waals surface area contributed by atoms with E-state index in [9.17, 15) is 39.3 Å². The number of carbonyl (C=O) groups is 6. The van der Waals surface area contributed by atoms with Crippen LogP contribution in [0.25, 0.3) is 9.69 Å². The zero-order valence-corrected chi connectivity index (χ0v) is 48.0. The summed E-state index contributed by atoms with van der Waals surface area (Å²) in [6.45, 7) is 23.2. The number of unbranched alkanes of at least 4 members (excludes halogenated alkanes) is 6. The molecule has 3 aromatic carbocycles. The summed E-state index contributed by atoms with van der Waals surface area (Å²) >= 11 is 4.81. The number of nitrogens with zero attached hydrogens (tertiary/aromatic N) is 4. The molecule has 22 heteroatoms. The molecule has 2 aliphatic heterocycles. The molecule has 0 N–H and O–H groups in total. The van der Waals surface area contributed by atoms with E-state index < -0.39 is 59.5 Å². The first-order valence-corrected chi connectivity index (χ1v) is 30.0. The highest BCUT2D eigenvalue weighted by molar-refractivity contribution is 8.25. The number of hydrogen-bond donors (Lipinski definition) is 0. The fraction of sp³-hybridized carbons (Fsp3) is 0.400. The van der Waals surface area contributed by atoms with Crippen molar-refractivity contribution in [1.29, 1.82) is 10.5 Å². The fourth-order valence-corrected chi connectivity index (χ4v) is 14.1. The summed E-state index contributed by atoms with van der Waals surface area (Å²) in [4.78, 5) is 85.4. The van der Waals surface area contributed by atoms with Crippen LogP contribution in [0.15, 0.2) is 113 Å². The summed E-state index contributed by atoms with van der Waals surface area (Å²) in [6.07, 6.45) is 11.7. The number of ether oxygens (including phenoxy) is 8. The molecule has 3 aromatic rings. The van der Waals surface area contributed by atoms with Gasteiger partial charge in [0.05, 0.1) is 103 Å². The van der Waals surface area contributed by atoms with Crippen LogP contribution < -0.4 is 28.4 Å². The topological polar surface area (TPSA) is 233 Å². The second kappa shape index (κ2) is 31.6. The standard InChI is InChI=1S/C60H58N4O14S4/c1-5-49(65)73-33-13-9-7-11-31-71-45-27-29-47(53-51(45)79-59(81-53)43(35-61)63-3)77-57(69)39-19-15-37(16-20-39)55(67)75-41-23-25-42(26-24-41)76-56(68)38-17-21-40(22-18-38)58(70)78-48-30-28-46(52-54(48)82-60(80-52)44(36-62)64-4)72-32-12-8-10-14-34-74-50(66)6-2/h5-6,23-30,37-40H,1-2,7-22,31-34H2/b59-43-,60-44+. The molecule has 0 spiro atoms. The SMILES string of the molecule is [C-]#[N+]/C(C#N)=C1/Sc2c(OCCCCCCOC(=O)C=C)ccc(OC(=O)C3CCC(C(=O)Oc4ccc(OC(=O)C5CCC(C(=O)Oc6ccc(OCCCCCCOC(=O)C=C)c7c6S/C(=C(\C#N)[N+]#[C-])S7)CC5)cc4)CC3)c2S1. The Hall–Kier alpha value is -7.60. The van der Waals surface area contributed by atoms with E-state index >= 15 is 0 Å². The number of thioether (sulfide) groups is 4. The summed E-state index contributed by atoms with van der Waals surface area (Å²) in [5, 5.41) is 19.2. The van der Waals surface area contributed by atoms with Gasteiger partial charge in [0.1, 0.15) is 34.5 Å². The summed E-state index contributed by atoms with van der Waals surface area (Å²) in [5.74, 6) is -2.37. The Morgan fingerprint density at radius 3 is 1.06 bits per heavy atom. The lowest BCUT2D eigenvalue weighted by molar-refractivity contribution is -0.145. The smallest absolute Gasteiger partial charge is 0.330 e. The van der Waals surface area contributed by atoms with Crippen molar-refractivity contribution in [2.24, 2.45) is 23.7 Å². The predicted molar refractivity (Wildman–Crippen MR) is 305 cm³/mol. The second-order valence-corrected chi connectivity index (χ2v) is 23.7. The van der Waals surface area contributed by atoms with Gasteiger partial charge in [-0.1, -0.05) is 60.2 Å². The van der Waals surface area contributed by atoms with Gasteiger partial charge in [-0.2, -0.15) is 0 Å². The van der Waals surface area contributed by atoms with Crippen LogP contribution in [0.2, 0.25) is 0 Å². The molecule has 0 atom stereocenters. The molecule has 0 unspecified atom stereocenters. The number of benzene rings is 3. The lowest BCUT2D eigenvalue weighted by Crippen LogP contribution is -2.30. The van der Waals surface area contributed by atoms with Gasteiger partial charge in [-0.25, -0.2) is 29.8 Å². The first kappa shape index (κ1) is 62.0. The third-order valence-corrected chi connectivity index (χ3v) is 18.8. The molecule has 0 amide bonds. The van der Waals surface area contributed by atoms with Crippen molar-refractivity contribution in [3.63, 3.8) is 0 Å². The summed E-state index contributed by atoms with van der Waals surface area (Å²) in [6, 6.07) is 16.8. The van der Waals surface area contributed by atoms with Crippen molar-refractivity contribution in [3.8, 4) is 46.6 Å². The quantitative estimate of drug-likeness (QED) is 0.0181. The molecule has 4 aliphatic rings. The summed E-state index contributed by atoms with van der Waals surface area (Å²) in [5.41, 5.74) is -0.150. The Morgan fingerprint density at radius 2 is 0.756 bits per heavy atom. The normalized spacial score (nSPS) is 18.9. The number of esters is 6. The number of rotatable bonds is 26. The van der Waals surface area contributed by atoms with Crippen LogP contribution in [-0.4, -0.2) is 62.2 Å². The molecule has 2 saturated carbocycles. The van der Waals surface area contributed by atoms with Crippen molar-refractivity contribution in [2.45, 2.75) is 122 Å². The third kappa shape index (κ3) is 17.2. The maximum Gasteiger partial charge on any atom is 0.330 e. The molecule has 7 rings (SSSR count). The minimum atomic E-state index is -0.475. The van der Waals surface area contributed by atoms with Gasteiger partial charge in [0.25, 0.3) is 11.4 Å². The van der Waals surface area contributed by atoms with Gasteiger partial charge in [0.2, 0.25) is 0 Å². The van der Waals surface area contributed by atoms with E-state index in [2.05, 4.69) is 22.8 Å². The van der Waals surface area contributed by atoms with Crippen LogP contribution >= 0.6 is 47.0 Å². The highest BCUT2D eigenvalue weighted by atomic mass is 32.2. The van der Waals surface area contributed by atoms with Crippen molar-refractivity contribution < 1.29 is 66.7 Å². The van der Waals surface area contributed by atoms with Crippen LogP contribution in [0, 0.1) is 59.5 Å². The first-order valence-electron chi connectivity index (χ1n) is 26.8. The number of carbonyl (C=O) groups excluding carboxylic acids is 6. The van der Waals surface area contributed by atoms with Crippen molar-refractivity contribution in [3.05, 3.63) is 117 Å². The lowest BCUT2D eigenvalue weighted by Gasteiger charge is -2.26. The Bertz CT molecular complexity index is 2910. The highest BCUT2D eigenvalue weighted by Crippen LogP contribution is 2.60. The molecule has 0 aromatic heterocycles. The Kier molecular flexibility index (Phi) is 23.9. The van der Waals surface area contributed by atoms with Gasteiger partial charge < -0.3 is 37.9 Å². The fourth-order valence-electron chi connectivity index (χ4n) is 9.10. The third-order valence-electron chi connectivity index (χ3n) is 13.6. The van der Waals surface area contributed by atoms with Crippen molar-refractivity contribution >= 4 is 82.9 Å². The van der Waals surface area contributed by atoms with Gasteiger partial charge in [0, 0.05) is 12.2 Å². The number of hydrogen-bond acceptors (Lipinski definition) is 20. The molecule has 0 bridgehead atoms. The lowest BCUT2D eigenvalue weighted by atomic mass is 9.82. The van der Waals surface area contributed by atoms with Crippen LogP contribution in [0.3, 0.4) is 0 Å². The molecule has 0 saturated heterocycles. The largest absolute Gasteiger partial charge is 0.492 e. The van der Waals surface area contributed by atoms with E-state index in [-0.39, 0.29) is 22.9 Å². The van der Waals surface area contributed by atoms with E-state index in [0.29, 0.717) is 142 Å². The van der Waals surface area contributed by atoms with Gasteiger partial charge in [-0.05, 0) is 151 Å². The summed E-state index contributed by atoms with van der Waals surface area (Å²) in [7, 11) is 0. The Balaban J connectivity index is 0.833. The highest BCUT2D eigenvalue weighted by Gasteiger charge is 2.37. The molecule has 426 valence electrons. The average molecular weight is 1190 g/mol. The number of nitriles is 2. The molecule has 2 heterocycles.